The zero-order valence-corrected chi connectivity index (χ0v) is 10.8. The molecule has 2 N–H and O–H groups in total. The van der Waals surface area contributed by atoms with Crippen LogP contribution in [0.3, 0.4) is 0 Å². The van der Waals surface area contributed by atoms with Crippen molar-refractivity contribution in [1.82, 2.24) is 10.2 Å². The fourth-order valence-electron chi connectivity index (χ4n) is 1.89. The second-order valence-electron chi connectivity index (χ2n) is 4.46. The van der Waals surface area contributed by atoms with Crippen LogP contribution in [0.1, 0.15) is 39.0 Å². The molecule has 7 nitrogen and oxygen atoms in total. The molecular formula is C12H18N2O5. The predicted molar refractivity (Wildman–Crippen MR) is 65.0 cm³/mol. The van der Waals surface area contributed by atoms with Gasteiger partial charge in [-0.3, -0.25) is 24.1 Å². The van der Waals surface area contributed by atoms with E-state index in [9.17, 15) is 19.2 Å². The van der Waals surface area contributed by atoms with Gasteiger partial charge in [-0.05, 0) is 6.42 Å². The first-order chi connectivity index (χ1) is 8.93. The Labute approximate surface area is 110 Å². The van der Waals surface area contributed by atoms with E-state index in [1.54, 1.807) is 6.92 Å². The quantitative estimate of drug-likeness (QED) is 0.628. The van der Waals surface area contributed by atoms with Crippen LogP contribution in [-0.2, 0) is 19.2 Å². The van der Waals surface area contributed by atoms with Gasteiger partial charge in [-0.1, -0.05) is 6.92 Å². The molecule has 0 aromatic carbocycles. The third-order valence-electron chi connectivity index (χ3n) is 3.00. The van der Waals surface area contributed by atoms with Crippen molar-refractivity contribution in [2.24, 2.45) is 0 Å². The van der Waals surface area contributed by atoms with Gasteiger partial charge in [0.15, 0.2) is 0 Å². The lowest BCUT2D eigenvalue weighted by Gasteiger charge is -2.17. The van der Waals surface area contributed by atoms with E-state index in [0.29, 0.717) is 6.42 Å². The molecule has 1 atom stereocenters. The number of hydrogen-bond acceptors (Lipinski definition) is 4. The highest BCUT2D eigenvalue weighted by molar-refractivity contribution is 6.02. The maximum atomic E-state index is 11.6. The molecule has 19 heavy (non-hydrogen) atoms. The second-order valence-corrected chi connectivity index (χ2v) is 4.46. The van der Waals surface area contributed by atoms with Crippen LogP contribution in [0.25, 0.3) is 0 Å². The van der Waals surface area contributed by atoms with Crippen molar-refractivity contribution >= 4 is 23.7 Å². The van der Waals surface area contributed by atoms with Crippen LogP contribution in [0.15, 0.2) is 0 Å². The summed E-state index contributed by atoms with van der Waals surface area (Å²) in [6, 6.07) is -0.421. The molecule has 0 aromatic rings. The normalized spacial score (nSPS) is 16.6. The van der Waals surface area contributed by atoms with Gasteiger partial charge in [0.05, 0.1) is 6.42 Å². The molecule has 106 valence electrons. The second kappa shape index (κ2) is 6.86. The maximum absolute atomic E-state index is 11.6. The van der Waals surface area contributed by atoms with Crippen LogP contribution in [-0.4, -0.2) is 46.3 Å². The molecule has 1 rings (SSSR count). The highest BCUT2D eigenvalue weighted by atomic mass is 16.4. The molecule has 3 amide bonds. The van der Waals surface area contributed by atoms with E-state index in [-0.39, 0.29) is 49.9 Å². The summed E-state index contributed by atoms with van der Waals surface area (Å²) in [6.45, 7) is 1.84. The summed E-state index contributed by atoms with van der Waals surface area (Å²) in [7, 11) is 0. The number of likely N-dealkylation sites (tertiary alicyclic amines) is 1. The molecule has 0 bridgehead atoms. The minimum atomic E-state index is -0.975. The molecule has 1 aliphatic heterocycles. The summed E-state index contributed by atoms with van der Waals surface area (Å²) in [6.07, 6.45) is 0.797. The first kappa shape index (κ1) is 15.1. The zero-order chi connectivity index (χ0) is 14.4. The van der Waals surface area contributed by atoms with Gasteiger partial charge < -0.3 is 10.4 Å². The topological polar surface area (TPSA) is 104 Å². The minimum absolute atomic E-state index is 0.00754. The van der Waals surface area contributed by atoms with Gasteiger partial charge in [-0.15, -0.1) is 0 Å². The molecular weight excluding hydrogens is 252 g/mol. The van der Waals surface area contributed by atoms with Crippen molar-refractivity contribution in [3.05, 3.63) is 0 Å². The summed E-state index contributed by atoms with van der Waals surface area (Å²) < 4.78 is 0. The highest BCUT2D eigenvalue weighted by Gasteiger charge is 2.28. The van der Waals surface area contributed by atoms with Gasteiger partial charge in [-0.2, -0.15) is 0 Å². The molecule has 1 heterocycles. The van der Waals surface area contributed by atoms with E-state index in [0.717, 1.165) is 4.90 Å². The van der Waals surface area contributed by atoms with Crippen molar-refractivity contribution in [1.29, 1.82) is 0 Å². The van der Waals surface area contributed by atoms with Gasteiger partial charge >= 0.3 is 5.97 Å². The third kappa shape index (κ3) is 4.69. The average Bonchev–Trinajstić information content (AvgIpc) is 2.65. The number of nitrogens with zero attached hydrogens (tertiary/aromatic N) is 1. The van der Waals surface area contributed by atoms with Crippen molar-refractivity contribution in [3.8, 4) is 0 Å². The Morgan fingerprint density at radius 2 is 1.89 bits per heavy atom. The Balaban J connectivity index is 2.36. The number of carbonyl (C=O) groups excluding carboxylic acids is 3. The van der Waals surface area contributed by atoms with Gasteiger partial charge in [0.25, 0.3) is 0 Å². The summed E-state index contributed by atoms with van der Waals surface area (Å²) >= 11 is 0. The molecule has 0 radical (unpaired) electrons. The van der Waals surface area contributed by atoms with E-state index >= 15 is 0 Å². The van der Waals surface area contributed by atoms with E-state index in [2.05, 4.69) is 5.32 Å². The van der Waals surface area contributed by atoms with Gasteiger partial charge in [-0.25, -0.2) is 0 Å². The highest BCUT2D eigenvalue weighted by Crippen LogP contribution is 2.11. The molecule has 1 unspecified atom stereocenters. The fraction of sp³-hybridized carbons (Fsp3) is 0.667. The van der Waals surface area contributed by atoms with Crippen LogP contribution in [0.2, 0.25) is 0 Å². The van der Waals surface area contributed by atoms with E-state index < -0.39 is 12.0 Å². The summed E-state index contributed by atoms with van der Waals surface area (Å²) in [5, 5.41) is 11.2. The number of carbonyl (C=O) groups is 4. The number of amides is 3. The van der Waals surface area contributed by atoms with E-state index in [1.165, 1.54) is 0 Å². The predicted octanol–water partition coefficient (Wildman–Crippen LogP) is -0.105. The SMILES string of the molecule is CCC(CC(=O)O)NC(=O)CCN1C(=O)CCC1=O. The standard InChI is InChI=1S/C12H18N2O5/c1-2-8(7-12(18)19)13-9(15)5-6-14-10(16)3-4-11(14)17/h8H,2-7H2,1H3,(H,13,15)(H,18,19). The molecule has 0 aliphatic carbocycles. The largest absolute Gasteiger partial charge is 0.481 e. The van der Waals surface area contributed by atoms with Crippen molar-refractivity contribution in [2.45, 2.75) is 45.1 Å². The maximum Gasteiger partial charge on any atom is 0.305 e. The number of carboxylic acids is 1. The Morgan fingerprint density at radius 3 is 2.37 bits per heavy atom. The molecule has 0 saturated carbocycles. The van der Waals surface area contributed by atoms with E-state index in [4.69, 9.17) is 5.11 Å². The summed E-state index contributed by atoms with van der Waals surface area (Å²) in [5.74, 6) is -1.83. The molecule has 1 saturated heterocycles. The molecule has 1 aliphatic rings. The van der Waals surface area contributed by atoms with Crippen LogP contribution >= 0.6 is 0 Å². The summed E-state index contributed by atoms with van der Waals surface area (Å²) in [4.78, 5) is 45.9. The van der Waals surface area contributed by atoms with Crippen molar-refractivity contribution < 1.29 is 24.3 Å². The lowest BCUT2D eigenvalue weighted by atomic mass is 10.1. The zero-order valence-electron chi connectivity index (χ0n) is 10.8. The van der Waals surface area contributed by atoms with Gasteiger partial charge in [0.1, 0.15) is 0 Å². The molecule has 0 spiro atoms. The number of rotatable bonds is 7. The molecule has 7 heteroatoms. The van der Waals surface area contributed by atoms with E-state index in [1.807, 2.05) is 0 Å². The Morgan fingerprint density at radius 1 is 1.32 bits per heavy atom. The van der Waals surface area contributed by atoms with Crippen LogP contribution in [0.4, 0.5) is 0 Å². The first-order valence-electron chi connectivity index (χ1n) is 6.28. The fourth-order valence-corrected chi connectivity index (χ4v) is 1.89. The van der Waals surface area contributed by atoms with Crippen LogP contribution in [0.5, 0.6) is 0 Å². The number of imide groups is 1. The van der Waals surface area contributed by atoms with Crippen molar-refractivity contribution in [2.75, 3.05) is 6.54 Å². The third-order valence-corrected chi connectivity index (χ3v) is 3.00. The van der Waals surface area contributed by atoms with Gasteiger partial charge in [0, 0.05) is 31.8 Å². The monoisotopic (exact) mass is 270 g/mol. The number of carboxylic acid groups (broad SMARTS) is 1. The first-order valence-corrected chi connectivity index (χ1v) is 6.28. The van der Waals surface area contributed by atoms with Crippen molar-refractivity contribution in [3.63, 3.8) is 0 Å². The Hall–Kier alpha value is -1.92. The minimum Gasteiger partial charge on any atom is -0.481 e. The molecule has 1 fully saturated rings. The summed E-state index contributed by atoms with van der Waals surface area (Å²) in [5.41, 5.74) is 0. The van der Waals surface area contributed by atoms with Crippen LogP contribution in [0, 0.1) is 0 Å². The number of hydrogen-bond donors (Lipinski definition) is 2. The lowest BCUT2D eigenvalue weighted by molar-refractivity contribution is -0.139. The lowest BCUT2D eigenvalue weighted by Crippen LogP contribution is -2.39. The Bertz CT molecular complexity index is 378. The molecule has 0 aromatic heterocycles. The number of nitrogens with one attached hydrogen (secondary N) is 1. The smallest absolute Gasteiger partial charge is 0.305 e. The van der Waals surface area contributed by atoms with Gasteiger partial charge in [0.2, 0.25) is 17.7 Å². The number of aliphatic carboxylic acids is 1. The average molecular weight is 270 g/mol. The Kier molecular flexibility index (Phi) is 5.47. The van der Waals surface area contributed by atoms with Crippen LogP contribution < -0.4 is 5.32 Å².